The third-order valence-corrected chi connectivity index (χ3v) is 3.05. The number of carbonyl (C=O) groups excluding carboxylic acids is 1. The van der Waals surface area contributed by atoms with Gasteiger partial charge in [0.15, 0.2) is 0 Å². The minimum atomic E-state index is -0.988. The monoisotopic (exact) mass is 285 g/mol. The quantitative estimate of drug-likeness (QED) is 0.905. The molecule has 5 nitrogen and oxygen atoms in total. The molecule has 1 amide bonds. The topological polar surface area (TPSA) is 75.6 Å². The Balaban J connectivity index is 2.19. The highest BCUT2D eigenvalue weighted by Crippen LogP contribution is 2.18. The second-order valence-electron chi connectivity index (χ2n) is 4.52. The summed E-state index contributed by atoms with van der Waals surface area (Å²) in [6.45, 7) is 1.69. The Morgan fingerprint density at radius 3 is 2.52 bits per heavy atom. The first-order valence-electron chi connectivity index (χ1n) is 6.30. The Morgan fingerprint density at radius 1 is 1.14 bits per heavy atom. The van der Waals surface area contributed by atoms with E-state index in [0.717, 1.165) is 0 Å². The van der Waals surface area contributed by atoms with Crippen molar-refractivity contribution in [1.82, 2.24) is 0 Å². The molecule has 0 aliphatic rings. The number of ether oxygens (including phenoxy) is 1. The lowest BCUT2D eigenvalue weighted by Gasteiger charge is -2.08. The van der Waals surface area contributed by atoms with Gasteiger partial charge in [0.25, 0.3) is 5.91 Å². The zero-order chi connectivity index (χ0) is 15.4. The van der Waals surface area contributed by atoms with Crippen molar-refractivity contribution < 1.29 is 19.4 Å². The van der Waals surface area contributed by atoms with Crippen LogP contribution in [0.4, 0.5) is 5.69 Å². The van der Waals surface area contributed by atoms with Gasteiger partial charge in [-0.2, -0.15) is 0 Å². The van der Waals surface area contributed by atoms with Crippen molar-refractivity contribution in [2.24, 2.45) is 0 Å². The van der Waals surface area contributed by atoms with Crippen LogP contribution >= 0.6 is 0 Å². The van der Waals surface area contributed by atoms with Crippen LogP contribution in [-0.4, -0.2) is 24.1 Å². The molecule has 0 aliphatic heterocycles. The molecule has 5 heteroatoms. The van der Waals surface area contributed by atoms with E-state index in [1.807, 2.05) is 0 Å². The molecule has 2 aromatic carbocycles. The van der Waals surface area contributed by atoms with Gasteiger partial charge in [-0.1, -0.05) is 6.07 Å². The van der Waals surface area contributed by atoms with Crippen LogP contribution in [-0.2, 0) is 0 Å². The van der Waals surface area contributed by atoms with Crippen LogP contribution in [0.25, 0.3) is 0 Å². The highest BCUT2D eigenvalue weighted by atomic mass is 16.5. The molecule has 0 unspecified atom stereocenters. The third-order valence-electron chi connectivity index (χ3n) is 3.05. The SMILES string of the molecule is COc1cccc(C(=O)Nc2ccc(C(=O)O)c(C)c2)c1. The maximum atomic E-state index is 12.1. The fourth-order valence-corrected chi connectivity index (χ4v) is 1.95. The van der Waals surface area contributed by atoms with Gasteiger partial charge in [0, 0.05) is 11.3 Å². The number of nitrogens with one attached hydrogen (secondary N) is 1. The Hall–Kier alpha value is -2.82. The smallest absolute Gasteiger partial charge is 0.335 e. The van der Waals surface area contributed by atoms with Gasteiger partial charge >= 0.3 is 5.97 Å². The first-order valence-corrected chi connectivity index (χ1v) is 6.30. The van der Waals surface area contributed by atoms with Crippen LogP contribution in [0.2, 0.25) is 0 Å². The molecule has 2 N–H and O–H groups in total. The summed E-state index contributed by atoms with van der Waals surface area (Å²) in [6.07, 6.45) is 0. The molecule has 0 saturated carbocycles. The number of methoxy groups -OCH3 is 1. The average Bonchev–Trinajstić information content (AvgIpc) is 2.47. The van der Waals surface area contributed by atoms with Gasteiger partial charge in [0.2, 0.25) is 0 Å². The average molecular weight is 285 g/mol. The highest BCUT2D eigenvalue weighted by Gasteiger charge is 2.10. The van der Waals surface area contributed by atoms with E-state index in [4.69, 9.17) is 9.84 Å². The number of carboxylic acids is 1. The van der Waals surface area contributed by atoms with E-state index in [1.54, 1.807) is 43.3 Å². The summed E-state index contributed by atoms with van der Waals surface area (Å²) in [7, 11) is 1.53. The van der Waals surface area contributed by atoms with Crippen LogP contribution in [0.5, 0.6) is 5.75 Å². The van der Waals surface area contributed by atoms with E-state index >= 15 is 0 Å². The van der Waals surface area contributed by atoms with Crippen molar-refractivity contribution in [1.29, 1.82) is 0 Å². The lowest BCUT2D eigenvalue weighted by molar-refractivity contribution is 0.0696. The number of amides is 1. The number of anilines is 1. The molecule has 0 heterocycles. The number of carbonyl (C=O) groups is 2. The fraction of sp³-hybridized carbons (Fsp3) is 0.125. The van der Waals surface area contributed by atoms with Gasteiger partial charge in [-0.05, 0) is 48.9 Å². The number of benzene rings is 2. The van der Waals surface area contributed by atoms with E-state index in [1.165, 1.54) is 13.2 Å². The second-order valence-corrected chi connectivity index (χ2v) is 4.52. The summed E-state index contributed by atoms with van der Waals surface area (Å²) < 4.78 is 5.07. The standard InChI is InChI=1S/C16H15NO4/c1-10-8-12(6-7-14(10)16(19)20)17-15(18)11-4-3-5-13(9-11)21-2/h3-9H,1-2H3,(H,17,18)(H,19,20). The van der Waals surface area contributed by atoms with Crippen molar-refractivity contribution in [3.8, 4) is 5.75 Å². The predicted molar refractivity (Wildman–Crippen MR) is 79.1 cm³/mol. The number of carboxylic acid groups (broad SMARTS) is 1. The molecular weight excluding hydrogens is 270 g/mol. The minimum Gasteiger partial charge on any atom is -0.497 e. The first kappa shape index (κ1) is 14.6. The lowest BCUT2D eigenvalue weighted by atomic mass is 10.1. The third kappa shape index (κ3) is 3.39. The van der Waals surface area contributed by atoms with Crippen molar-refractivity contribution in [3.05, 3.63) is 59.2 Å². The zero-order valence-electron chi connectivity index (χ0n) is 11.7. The van der Waals surface area contributed by atoms with Crippen molar-refractivity contribution in [2.45, 2.75) is 6.92 Å². The Bertz CT molecular complexity index is 694. The summed E-state index contributed by atoms with van der Waals surface area (Å²) in [5.41, 5.74) is 1.82. The number of hydrogen-bond acceptors (Lipinski definition) is 3. The molecule has 0 fully saturated rings. The van der Waals surface area contributed by atoms with Gasteiger partial charge in [-0.25, -0.2) is 4.79 Å². The molecule has 0 atom stereocenters. The van der Waals surface area contributed by atoms with Gasteiger partial charge in [0.05, 0.1) is 12.7 Å². The number of aromatic carboxylic acids is 1. The van der Waals surface area contributed by atoms with Gasteiger partial charge in [-0.15, -0.1) is 0 Å². The Labute approximate surface area is 122 Å². The van der Waals surface area contributed by atoms with Crippen LogP contribution in [0.1, 0.15) is 26.3 Å². The molecule has 108 valence electrons. The van der Waals surface area contributed by atoms with E-state index in [9.17, 15) is 9.59 Å². The predicted octanol–water partition coefficient (Wildman–Crippen LogP) is 2.95. The van der Waals surface area contributed by atoms with E-state index in [-0.39, 0.29) is 11.5 Å². The van der Waals surface area contributed by atoms with E-state index in [2.05, 4.69) is 5.32 Å². The largest absolute Gasteiger partial charge is 0.497 e. The molecule has 0 radical (unpaired) electrons. The zero-order valence-corrected chi connectivity index (χ0v) is 11.7. The first-order chi connectivity index (χ1) is 10.0. The van der Waals surface area contributed by atoms with Crippen molar-refractivity contribution >= 4 is 17.6 Å². The summed E-state index contributed by atoms with van der Waals surface area (Å²) in [6, 6.07) is 11.5. The number of hydrogen-bond donors (Lipinski definition) is 2. The summed E-state index contributed by atoms with van der Waals surface area (Å²) >= 11 is 0. The van der Waals surface area contributed by atoms with Crippen molar-refractivity contribution in [2.75, 3.05) is 12.4 Å². The maximum absolute atomic E-state index is 12.1. The molecule has 0 bridgehead atoms. The molecule has 0 spiro atoms. The normalized spacial score (nSPS) is 10.0. The van der Waals surface area contributed by atoms with Gasteiger partial charge in [-0.3, -0.25) is 4.79 Å². The number of rotatable bonds is 4. The highest BCUT2D eigenvalue weighted by molar-refractivity contribution is 6.04. The molecule has 2 rings (SSSR count). The second kappa shape index (κ2) is 6.09. The van der Waals surface area contributed by atoms with Gasteiger partial charge in [0.1, 0.15) is 5.75 Å². The van der Waals surface area contributed by atoms with Crippen molar-refractivity contribution in [3.63, 3.8) is 0 Å². The Kier molecular flexibility index (Phi) is 4.23. The molecule has 0 aromatic heterocycles. The summed E-state index contributed by atoms with van der Waals surface area (Å²) in [5.74, 6) is -0.672. The molecule has 21 heavy (non-hydrogen) atoms. The summed E-state index contributed by atoms with van der Waals surface area (Å²) in [5, 5.41) is 11.7. The van der Waals surface area contributed by atoms with Crippen LogP contribution in [0.3, 0.4) is 0 Å². The molecule has 0 saturated heterocycles. The maximum Gasteiger partial charge on any atom is 0.335 e. The Morgan fingerprint density at radius 2 is 1.90 bits per heavy atom. The van der Waals surface area contributed by atoms with Crippen LogP contribution in [0.15, 0.2) is 42.5 Å². The number of aryl methyl sites for hydroxylation is 1. The molecular formula is C16H15NO4. The summed E-state index contributed by atoms with van der Waals surface area (Å²) in [4.78, 5) is 23.1. The minimum absolute atomic E-state index is 0.217. The van der Waals surface area contributed by atoms with Crippen LogP contribution < -0.4 is 10.1 Å². The molecule has 0 aliphatic carbocycles. The van der Waals surface area contributed by atoms with Crippen LogP contribution in [0, 0.1) is 6.92 Å². The van der Waals surface area contributed by atoms with Gasteiger partial charge < -0.3 is 15.2 Å². The molecule has 2 aromatic rings. The van der Waals surface area contributed by atoms with E-state index < -0.39 is 5.97 Å². The fourth-order valence-electron chi connectivity index (χ4n) is 1.95. The lowest BCUT2D eigenvalue weighted by Crippen LogP contribution is -2.12. The van der Waals surface area contributed by atoms with E-state index in [0.29, 0.717) is 22.6 Å².